The number of nitrogens with zero attached hydrogens (tertiary/aromatic N) is 6. The SMILES string of the molecule is CNC(=O)OC1CN(c2nc3nc(C)c(Br)cc3n3cnnc23)C1. The molecule has 4 heterocycles. The zero-order valence-corrected chi connectivity index (χ0v) is 14.6. The molecule has 0 spiro atoms. The van der Waals surface area contributed by atoms with E-state index < -0.39 is 6.09 Å². The number of fused-ring (bicyclic) bond motifs is 3. The van der Waals surface area contributed by atoms with Crippen molar-refractivity contribution in [3.63, 3.8) is 0 Å². The lowest BCUT2D eigenvalue weighted by Gasteiger charge is -2.38. The van der Waals surface area contributed by atoms with Crippen LogP contribution in [0.1, 0.15) is 5.69 Å². The second kappa shape index (κ2) is 5.55. The van der Waals surface area contributed by atoms with Gasteiger partial charge in [-0.15, -0.1) is 10.2 Å². The van der Waals surface area contributed by atoms with Gasteiger partial charge in [0.25, 0.3) is 0 Å². The summed E-state index contributed by atoms with van der Waals surface area (Å²) in [6.45, 7) is 3.03. The average Bonchev–Trinajstić information content (AvgIpc) is 3.01. The van der Waals surface area contributed by atoms with Crippen LogP contribution >= 0.6 is 15.9 Å². The molecule has 1 fully saturated rings. The van der Waals surface area contributed by atoms with Gasteiger partial charge in [0, 0.05) is 11.5 Å². The smallest absolute Gasteiger partial charge is 0.407 e. The minimum Gasteiger partial charge on any atom is -0.442 e. The number of alkyl carbamates (subject to hydrolysis) is 1. The van der Waals surface area contributed by atoms with Gasteiger partial charge in [0.1, 0.15) is 12.4 Å². The Kier molecular flexibility index (Phi) is 3.48. The molecule has 0 aromatic carbocycles. The van der Waals surface area contributed by atoms with Crippen LogP contribution in [0.3, 0.4) is 0 Å². The molecule has 1 aliphatic rings. The Labute approximate surface area is 145 Å². The number of rotatable bonds is 2. The van der Waals surface area contributed by atoms with E-state index in [0.717, 1.165) is 15.7 Å². The zero-order chi connectivity index (χ0) is 16.8. The molecule has 10 heteroatoms. The molecule has 1 aliphatic heterocycles. The Bertz CT molecular complexity index is 951. The van der Waals surface area contributed by atoms with E-state index >= 15 is 0 Å². The van der Waals surface area contributed by atoms with Crippen molar-refractivity contribution in [3.05, 3.63) is 22.6 Å². The summed E-state index contributed by atoms with van der Waals surface area (Å²) in [5.41, 5.74) is 2.96. The summed E-state index contributed by atoms with van der Waals surface area (Å²) in [6, 6.07) is 1.96. The molecule has 4 rings (SSSR count). The van der Waals surface area contributed by atoms with Gasteiger partial charge in [-0.3, -0.25) is 4.40 Å². The Morgan fingerprint density at radius 3 is 2.96 bits per heavy atom. The topological polar surface area (TPSA) is 97.5 Å². The zero-order valence-electron chi connectivity index (χ0n) is 13.0. The van der Waals surface area contributed by atoms with Crippen molar-refractivity contribution in [1.29, 1.82) is 0 Å². The minimum atomic E-state index is -0.430. The number of aromatic nitrogens is 5. The van der Waals surface area contributed by atoms with Crippen molar-refractivity contribution in [2.45, 2.75) is 13.0 Å². The van der Waals surface area contributed by atoms with Gasteiger partial charge >= 0.3 is 6.09 Å². The van der Waals surface area contributed by atoms with Crippen molar-refractivity contribution in [2.75, 3.05) is 25.0 Å². The van der Waals surface area contributed by atoms with E-state index in [1.54, 1.807) is 6.33 Å². The van der Waals surface area contributed by atoms with Crippen molar-refractivity contribution in [1.82, 2.24) is 29.9 Å². The second-order valence-electron chi connectivity index (χ2n) is 5.54. The first-order chi connectivity index (χ1) is 11.6. The average molecular weight is 392 g/mol. The van der Waals surface area contributed by atoms with Gasteiger partial charge in [-0.1, -0.05) is 0 Å². The van der Waals surface area contributed by atoms with Gasteiger partial charge in [-0.05, 0) is 28.9 Å². The van der Waals surface area contributed by atoms with Crippen molar-refractivity contribution in [3.8, 4) is 0 Å². The number of pyridine rings is 1. The number of aryl methyl sites for hydroxylation is 1. The molecule has 0 bridgehead atoms. The second-order valence-corrected chi connectivity index (χ2v) is 6.39. The first kappa shape index (κ1) is 15.1. The maximum Gasteiger partial charge on any atom is 0.407 e. The lowest BCUT2D eigenvalue weighted by atomic mass is 10.1. The third kappa shape index (κ3) is 2.33. The van der Waals surface area contributed by atoms with E-state index in [-0.39, 0.29) is 6.10 Å². The quantitative estimate of drug-likeness (QED) is 0.702. The molecular weight excluding hydrogens is 378 g/mol. The van der Waals surface area contributed by atoms with Crippen LogP contribution < -0.4 is 10.2 Å². The number of nitrogens with one attached hydrogen (secondary N) is 1. The predicted octanol–water partition coefficient (Wildman–Crippen LogP) is 1.29. The first-order valence-corrected chi connectivity index (χ1v) is 8.16. The van der Waals surface area contributed by atoms with Crippen LogP contribution in [0.4, 0.5) is 10.6 Å². The van der Waals surface area contributed by atoms with Crippen LogP contribution in [0.2, 0.25) is 0 Å². The monoisotopic (exact) mass is 391 g/mol. The molecule has 1 amide bonds. The molecule has 3 aromatic heterocycles. The van der Waals surface area contributed by atoms with Gasteiger partial charge in [-0.25, -0.2) is 14.8 Å². The highest BCUT2D eigenvalue weighted by molar-refractivity contribution is 9.10. The van der Waals surface area contributed by atoms with E-state index in [2.05, 4.69) is 41.4 Å². The summed E-state index contributed by atoms with van der Waals surface area (Å²) in [5, 5.41) is 10.6. The molecule has 9 nitrogen and oxygen atoms in total. The molecule has 0 radical (unpaired) electrons. The summed E-state index contributed by atoms with van der Waals surface area (Å²) in [7, 11) is 1.54. The van der Waals surface area contributed by atoms with Crippen molar-refractivity contribution < 1.29 is 9.53 Å². The maximum atomic E-state index is 11.3. The summed E-state index contributed by atoms with van der Waals surface area (Å²) < 4.78 is 7.99. The fourth-order valence-corrected chi connectivity index (χ4v) is 2.95. The normalized spacial score (nSPS) is 14.9. The Morgan fingerprint density at radius 1 is 1.42 bits per heavy atom. The van der Waals surface area contributed by atoms with Crippen LogP contribution in [-0.2, 0) is 4.74 Å². The number of anilines is 1. The molecule has 0 atom stereocenters. The number of amides is 1. The fourth-order valence-electron chi connectivity index (χ4n) is 2.64. The van der Waals surface area contributed by atoms with E-state index in [1.165, 1.54) is 7.05 Å². The van der Waals surface area contributed by atoms with Crippen LogP contribution in [0, 0.1) is 6.92 Å². The summed E-state index contributed by atoms with van der Waals surface area (Å²) in [4.78, 5) is 22.4. The van der Waals surface area contributed by atoms with Crippen LogP contribution in [-0.4, -0.2) is 56.9 Å². The summed E-state index contributed by atoms with van der Waals surface area (Å²) in [5.74, 6) is 0.686. The highest BCUT2D eigenvalue weighted by Crippen LogP contribution is 2.28. The maximum absolute atomic E-state index is 11.3. The van der Waals surface area contributed by atoms with Gasteiger partial charge in [0.15, 0.2) is 11.5 Å². The fraction of sp³-hybridized carbons (Fsp3) is 0.357. The van der Waals surface area contributed by atoms with Crippen LogP contribution in [0.5, 0.6) is 0 Å². The van der Waals surface area contributed by atoms with Gasteiger partial charge in [0.2, 0.25) is 5.65 Å². The van der Waals surface area contributed by atoms with Gasteiger partial charge < -0.3 is 15.0 Å². The van der Waals surface area contributed by atoms with Crippen LogP contribution in [0.25, 0.3) is 16.8 Å². The predicted molar refractivity (Wildman–Crippen MR) is 90.1 cm³/mol. The number of ether oxygens (including phenoxy) is 1. The third-order valence-electron chi connectivity index (χ3n) is 3.96. The number of hydrogen-bond donors (Lipinski definition) is 1. The molecule has 3 aromatic rings. The van der Waals surface area contributed by atoms with Gasteiger partial charge in [-0.2, -0.15) is 0 Å². The number of carbonyl (C=O) groups is 1. The molecule has 0 aliphatic carbocycles. The summed E-state index contributed by atoms with van der Waals surface area (Å²) in [6.07, 6.45) is 1.05. The van der Waals surface area contributed by atoms with E-state index in [4.69, 9.17) is 4.74 Å². The number of hydrogen-bond acceptors (Lipinski definition) is 7. The molecular formula is C14H14BrN7O2. The molecule has 24 heavy (non-hydrogen) atoms. The number of carbonyl (C=O) groups excluding carboxylic acids is 1. The van der Waals surface area contributed by atoms with E-state index in [1.807, 2.05) is 22.3 Å². The first-order valence-electron chi connectivity index (χ1n) is 7.36. The highest BCUT2D eigenvalue weighted by atomic mass is 79.9. The lowest BCUT2D eigenvalue weighted by Crippen LogP contribution is -2.54. The van der Waals surface area contributed by atoms with Crippen LogP contribution in [0.15, 0.2) is 16.9 Å². The number of halogens is 1. The molecule has 1 N–H and O–H groups in total. The standard InChI is InChI=1S/C14H14BrN7O2/c1-7-9(15)3-10-11(18-7)19-12(13-20-17-6-22(10)13)21-4-8(5-21)24-14(23)16-2/h3,6,8H,4-5H2,1-2H3,(H,16,23). The largest absolute Gasteiger partial charge is 0.442 e. The highest BCUT2D eigenvalue weighted by Gasteiger charge is 2.33. The van der Waals surface area contributed by atoms with E-state index in [9.17, 15) is 4.79 Å². The van der Waals surface area contributed by atoms with E-state index in [0.29, 0.717) is 30.2 Å². The Hall–Kier alpha value is -2.49. The third-order valence-corrected chi connectivity index (χ3v) is 4.76. The molecule has 124 valence electrons. The molecule has 0 saturated carbocycles. The van der Waals surface area contributed by atoms with Gasteiger partial charge in [0.05, 0.1) is 24.3 Å². The van der Waals surface area contributed by atoms with Crippen molar-refractivity contribution >= 4 is 44.7 Å². The van der Waals surface area contributed by atoms with Crippen molar-refractivity contribution in [2.24, 2.45) is 0 Å². The molecule has 1 saturated heterocycles. The Morgan fingerprint density at radius 2 is 2.21 bits per heavy atom. The molecule has 0 unspecified atom stereocenters. The summed E-state index contributed by atoms with van der Waals surface area (Å²) >= 11 is 3.49. The minimum absolute atomic E-state index is 0.162. The Balaban J connectivity index is 1.72. The lowest BCUT2D eigenvalue weighted by molar-refractivity contribution is 0.0824.